The van der Waals surface area contributed by atoms with Gasteiger partial charge < -0.3 is 10.1 Å². The Bertz CT molecular complexity index is 425. The third-order valence-electron chi connectivity index (χ3n) is 4.52. The predicted octanol–water partition coefficient (Wildman–Crippen LogP) is 1.91. The van der Waals surface area contributed by atoms with Crippen LogP contribution in [0.4, 0.5) is 0 Å². The van der Waals surface area contributed by atoms with Gasteiger partial charge in [-0.1, -0.05) is 19.3 Å². The van der Waals surface area contributed by atoms with Crippen LogP contribution in [0.25, 0.3) is 0 Å². The molecular formula is C14H24N4O. The van der Waals surface area contributed by atoms with Crippen LogP contribution in [0.1, 0.15) is 62.1 Å². The molecule has 0 bridgehead atoms. The Balaban J connectivity index is 1.74. The van der Waals surface area contributed by atoms with Crippen molar-refractivity contribution in [3.63, 3.8) is 0 Å². The van der Waals surface area contributed by atoms with Gasteiger partial charge in [-0.15, -0.1) is 0 Å². The number of methoxy groups -OCH3 is 1. The fraction of sp³-hybridized carbons (Fsp3) is 0.857. The standard InChI is InChI=1S/C14H24N4O/c1-18-14(12-8-11(19-2)9-15-12)16-13(17-18)10-6-4-3-5-7-10/h10-12,15H,3-9H2,1-2H3. The Labute approximate surface area is 114 Å². The molecular weight excluding hydrogens is 240 g/mol. The van der Waals surface area contributed by atoms with E-state index in [9.17, 15) is 0 Å². The summed E-state index contributed by atoms with van der Waals surface area (Å²) < 4.78 is 7.36. The van der Waals surface area contributed by atoms with E-state index in [2.05, 4.69) is 10.4 Å². The van der Waals surface area contributed by atoms with Crippen LogP contribution in [0.3, 0.4) is 0 Å². The van der Waals surface area contributed by atoms with Gasteiger partial charge in [0.1, 0.15) is 5.82 Å². The largest absolute Gasteiger partial charge is 0.380 e. The zero-order valence-electron chi connectivity index (χ0n) is 11.9. The number of nitrogens with zero attached hydrogens (tertiary/aromatic N) is 3. The summed E-state index contributed by atoms with van der Waals surface area (Å²) in [5.41, 5.74) is 0. The Morgan fingerprint density at radius 1 is 1.26 bits per heavy atom. The minimum Gasteiger partial charge on any atom is -0.380 e. The molecule has 3 rings (SSSR count). The van der Waals surface area contributed by atoms with Gasteiger partial charge in [0.15, 0.2) is 5.82 Å². The van der Waals surface area contributed by atoms with Crippen LogP contribution in [0.5, 0.6) is 0 Å². The molecule has 1 saturated heterocycles. The lowest BCUT2D eigenvalue weighted by Crippen LogP contribution is -2.18. The van der Waals surface area contributed by atoms with Crippen LogP contribution in [0.15, 0.2) is 0 Å². The highest BCUT2D eigenvalue weighted by Gasteiger charge is 2.30. The van der Waals surface area contributed by atoms with Gasteiger partial charge in [-0.2, -0.15) is 5.10 Å². The van der Waals surface area contributed by atoms with Crippen molar-refractivity contribution in [3.05, 3.63) is 11.6 Å². The number of rotatable bonds is 3. The van der Waals surface area contributed by atoms with E-state index in [1.165, 1.54) is 32.1 Å². The minimum absolute atomic E-state index is 0.291. The summed E-state index contributed by atoms with van der Waals surface area (Å²) in [5, 5.41) is 8.14. The number of aryl methyl sites for hydroxylation is 1. The molecule has 2 unspecified atom stereocenters. The normalized spacial score (nSPS) is 28.9. The molecule has 0 spiro atoms. The summed E-state index contributed by atoms with van der Waals surface area (Å²) >= 11 is 0. The first kappa shape index (κ1) is 13.1. The maximum absolute atomic E-state index is 5.41. The average Bonchev–Trinajstić information content (AvgIpc) is 3.06. The summed E-state index contributed by atoms with van der Waals surface area (Å²) in [4.78, 5) is 4.82. The fourth-order valence-corrected chi connectivity index (χ4v) is 3.33. The van der Waals surface area contributed by atoms with Gasteiger partial charge in [0.05, 0.1) is 12.1 Å². The van der Waals surface area contributed by atoms with E-state index in [0.29, 0.717) is 18.1 Å². The molecule has 1 saturated carbocycles. The van der Waals surface area contributed by atoms with Crippen LogP contribution in [-0.2, 0) is 11.8 Å². The molecule has 1 aliphatic heterocycles. The molecule has 2 atom stereocenters. The van der Waals surface area contributed by atoms with E-state index in [1.54, 1.807) is 7.11 Å². The quantitative estimate of drug-likeness (QED) is 0.906. The van der Waals surface area contributed by atoms with Crippen molar-refractivity contribution in [2.24, 2.45) is 7.05 Å². The van der Waals surface area contributed by atoms with Crippen LogP contribution < -0.4 is 5.32 Å². The van der Waals surface area contributed by atoms with Crippen LogP contribution >= 0.6 is 0 Å². The smallest absolute Gasteiger partial charge is 0.154 e. The van der Waals surface area contributed by atoms with Crippen molar-refractivity contribution < 1.29 is 4.74 Å². The lowest BCUT2D eigenvalue weighted by atomic mass is 9.89. The summed E-state index contributed by atoms with van der Waals surface area (Å²) in [5.74, 6) is 2.70. The molecule has 0 radical (unpaired) electrons. The van der Waals surface area contributed by atoms with Gasteiger partial charge in [0.2, 0.25) is 0 Å². The summed E-state index contributed by atoms with van der Waals surface area (Å²) in [6.45, 7) is 0.910. The van der Waals surface area contributed by atoms with E-state index in [-0.39, 0.29) is 0 Å². The van der Waals surface area contributed by atoms with Gasteiger partial charge in [0, 0.05) is 26.6 Å². The molecule has 2 fully saturated rings. The number of aromatic nitrogens is 3. The van der Waals surface area contributed by atoms with E-state index in [4.69, 9.17) is 9.72 Å². The number of hydrogen-bond donors (Lipinski definition) is 1. The fourth-order valence-electron chi connectivity index (χ4n) is 3.33. The van der Waals surface area contributed by atoms with Gasteiger partial charge >= 0.3 is 0 Å². The first-order valence-electron chi connectivity index (χ1n) is 7.45. The Kier molecular flexibility index (Phi) is 3.84. The highest BCUT2D eigenvalue weighted by atomic mass is 16.5. The molecule has 0 amide bonds. The maximum atomic E-state index is 5.41. The van der Waals surface area contributed by atoms with Gasteiger partial charge in [0.25, 0.3) is 0 Å². The maximum Gasteiger partial charge on any atom is 0.154 e. The molecule has 1 aromatic rings. The predicted molar refractivity (Wildman–Crippen MR) is 73.0 cm³/mol. The van der Waals surface area contributed by atoms with Crippen molar-refractivity contribution in [1.29, 1.82) is 0 Å². The second-order valence-electron chi connectivity index (χ2n) is 5.84. The number of ether oxygens (including phenoxy) is 1. The summed E-state index contributed by atoms with van der Waals surface area (Å²) in [6, 6.07) is 0.291. The Morgan fingerprint density at radius 3 is 2.74 bits per heavy atom. The third kappa shape index (κ3) is 2.67. The van der Waals surface area contributed by atoms with E-state index in [1.807, 2.05) is 11.7 Å². The SMILES string of the molecule is COC1CNC(c2nc(C3CCCCC3)nn2C)C1. The topological polar surface area (TPSA) is 52.0 Å². The first-order valence-corrected chi connectivity index (χ1v) is 7.45. The molecule has 106 valence electrons. The molecule has 1 N–H and O–H groups in total. The molecule has 1 aliphatic carbocycles. The number of hydrogen-bond acceptors (Lipinski definition) is 4. The average molecular weight is 264 g/mol. The van der Waals surface area contributed by atoms with Crippen molar-refractivity contribution in [1.82, 2.24) is 20.1 Å². The molecule has 5 heteroatoms. The monoisotopic (exact) mass is 264 g/mol. The Morgan fingerprint density at radius 2 is 2.05 bits per heavy atom. The minimum atomic E-state index is 0.291. The van der Waals surface area contributed by atoms with Crippen molar-refractivity contribution in [3.8, 4) is 0 Å². The van der Waals surface area contributed by atoms with E-state index < -0.39 is 0 Å². The zero-order chi connectivity index (χ0) is 13.2. The van der Waals surface area contributed by atoms with Crippen molar-refractivity contribution in [2.45, 2.75) is 56.6 Å². The van der Waals surface area contributed by atoms with Gasteiger partial charge in [-0.3, -0.25) is 4.68 Å². The third-order valence-corrected chi connectivity index (χ3v) is 4.52. The molecule has 2 aliphatic rings. The van der Waals surface area contributed by atoms with Crippen LogP contribution in [0.2, 0.25) is 0 Å². The molecule has 19 heavy (non-hydrogen) atoms. The second kappa shape index (κ2) is 5.59. The highest BCUT2D eigenvalue weighted by molar-refractivity contribution is 5.06. The van der Waals surface area contributed by atoms with Gasteiger partial charge in [-0.05, 0) is 19.3 Å². The second-order valence-corrected chi connectivity index (χ2v) is 5.84. The van der Waals surface area contributed by atoms with E-state index in [0.717, 1.165) is 24.6 Å². The summed E-state index contributed by atoms with van der Waals surface area (Å²) in [7, 11) is 3.79. The molecule has 0 aromatic carbocycles. The number of nitrogens with one attached hydrogen (secondary N) is 1. The highest BCUT2D eigenvalue weighted by Crippen LogP contribution is 2.32. The molecule has 5 nitrogen and oxygen atoms in total. The lowest BCUT2D eigenvalue weighted by molar-refractivity contribution is 0.117. The first-order chi connectivity index (χ1) is 9.28. The zero-order valence-corrected chi connectivity index (χ0v) is 11.9. The Hall–Kier alpha value is -0.940. The van der Waals surface area contributed by atoms with Crippen molar-refractivity contribution >= 4 is 0 Å². The van der Waals surface area contributed by atoms with Crippen LogP contribution in [-0.4, -0.2) is 34.5 Å². The van der Waals surface area contributed by atoms with Crippen molar-refractivity contribution in [2.75, 3.05) is 13.7 Å². The van der Waals surface area contributed by atoms with E-state index >= 15 is 0 Å². The van der Waals surface area contributed by atoms with Crippen LogP contribution in [0, 0.1) is 0 Å². The molecule has 2 heterocycles. The lowest BCUT2D eigenvalue weighted by Gasteiger charge is -2.18. The molecule has 1 aromatic heterocycles. The van der Waals surface area contributed by atoms with Gasteiger partial charge in [-0.25, -0.2) is 4.98 Å². The summed E-state index contributed by atoms with van der Waals surface area (Å²) in [6.07, 6.45) is 7.82.